The van der Waals surface area contributed by atoms with Crippen LogP contribution in [-0.2, 0) is 4.84 Å². The van der Waals surface area contributed by atoms with Crippen LogP contribution in [0.3, 0.4) is 0 Å². The van der Waals surface area contributed by atoms with E-state index in [-0.39, 0.29) is 5.91 Å². The van der Waals surface area contributed by atoms with Crippen LogP contribution in [0, 0.1) is 0 Å². The normalized spacial score (nSPS) is 9.43. The largest absolute Gasteiger partial charge is 0.274 e. The second-order valence-corrected chi connectivity index (χ2v) is 2.72. The van der Waals surface area contributed by atoms with Gasteiger partial charge in [-0.3, -0.25) is 9.63 Å². The Morgan fingerprint density at radius 1 is 1.43 bits per heavy atom. The first-order valence-electron chi connectivity index (χ1n) is 4.42. The van der Waals surface area contributed by atoms with Gasteiger partial charge in [-0.15, -0.1) is 6.58 Å². The molecule has 0 bridgehead atoms. The molecule has 0 aromatic heterocycles. The van der Waals surface area contributed by atoms with E-state index in [1.807, 2.05) is 6.07 Å². The van der Waals surface area contributed by atoms with Gasteiger partial charge >= 0.3 is 0 Å². The van der Waals surface area contributed by atoms with Crippen molar-refractivity contribution < 1.29 is 9.63 Å². The fourth-order valence-corrected chi connectivity index (χ4v) is 0.907. The number of amides is 1. The van der Waals surface area contributed by atoms with Crippen LogP contribution in [0.2, 0.25) is 0 Å². The number of hydrogen-bond donors (Lipinski definition) is 1. The minimum absolute atomic E-state index is 0.227. The Morgan fingerprint density at radius 2 is 2.14 bits per heavy atom. The van der Waals surface area contributed by atoms with Gasteiger partial charge in [0, 0.05) is 5.56 Å². The molecule has 1 amide bonds. The van der Waals surface area contributed by atoms with Gasteiger partial charge in [0.15, 0.2) is 0 Å². The molecular weight excluding hydrogens is 178 g/mol. The van der Waals surface area contributed by atoms with Crippen molar-refractivity contribution in [2.24, 2.45) is 0 Å². The number of nitrogens with one attached hydrogen (secondary N) is 1. The van der Waals surface area contributed by atoms with E-state index in [0.717, 1.165) is 6.42 Å². The van der Waals surface area contributed by atoms with Crippen LogP contribution in [0.4, 0.5) is 0 Å². The predicted molar refractivity (Wildman–Crippen MR) is 54.7 cm³/mol. The third kappa shape index (κ3) is 3.41. The summed E-state index contributed by atoms with van der Waals surface area (Å²) in [4.78, 5) is 16.3. The lowest BCUT2D eigenvalue weighted by Crippen LogP contribution is -2.23. The van der Waals surface area contributed by atoms with Crippen LogP contribution in [0.15, 0.2) is 43.0 Å². The van der Waals surface area contributed by atoms with Gasteiger partial charge < -0.3 is 0 Å². The first-order chi connectivity index (χ1) is 6.84. The van der Waals surface area contributed by atoms with E-state index >= 15 is 0 Å². The highest BCUT2D eigenvalue weighted by atomic mass is 16.6. The van der Waals surface area contributed by atoms with Gasteiger partial charge in [0.05, 0.1) is 6.61 Å². The first kappa shape index (κ1) is 10.5. The third-order valence-corrected chi connectivity index (χ3v) is 1.62. The highest BCUT2D eigenvalue weighted by Crippen LogP contribution is 1.97. The van der Waals surface area contributed by atoms with E-state index in [1.165, 1.54) is 0 Å². The molecule has 0 saturated heterocycles. The Bertz CT molecular complexity index is 295. The molecule has 0 heterocycles. The van der Waals surface area contributed by atoms with Gasteiger partial charge in [0.2, 0.25) is 0 Å². The molecule has 1 N–H and O–H groups in total. The summed E-state index contributed by atoms with van der Waals surface area (Å²) in [6.45, 7) is 3.99. The van der Waals surface area contributed by atoms with Gasteiger partial charge in [0.1, 0.15) is 0 Å². The SMILES string of the molecule is C=CCCONC(=O)c1ccccc1. The van der Waals surface area contributed by atoms with Gasteiger partial charge in [-0.1, -0.05) is 24.3 Å². The number of carbonyl (C=O) groups is 1. The van der Waals surface area contributed by atoms with E-state index in [1.54, 1.807) is 30.3 Å². The lowest BCUT2D eigenvalue weighted by molar-refractivity contribution is 0.0330. The number of rotatable bonds is 5. The van der Waals surface area contributed by atoms with Crippen LogP contribution in [0.25, 0.3) is 0 Å². The molecule has 14 heavy (non-hydrogen) atoms. The van der Waals surface area contributed by atoms with Crippen molar-refractivity contribution in [3.8, 4) is 0 Å². The Kier molecular flexibility index (Phi) is 4.44. The molecule has 3 nitrogen and oxygen atoms in total. The molecule has 0 unspecified atom stereocenters. The molecule has 1 rings (SSSR count). The van der Waals surface area contributed by atoms with E-state index in [0.29, 0.717) is 12.2 Å². The lowest BCUT2D eigenvalue weighted by atomic mass is 10.2. The number of carbonyl (C=O) groups excluding carboxylic acids is 1. The average Bonchev–Trinajstić information content (AvgIpc) is 2.25. The zero-order chi connectivity index (χ0) is 10.2. The van der Waals surface area contributed by atoms with Crippen molar-refractivity contribution in [1.29, 1.82) is 0 Å². The highest BCUT2D eigenvalue weighted by Gasteiger charge is 2.02. The molecule has 0 fully saturated rings. The minimum Gasteiger partial charge on any atom is -0.273 e. The minimum atomic E-state index is -0.227. The summed E-state index contributed by atoms with van der Waals surface area (Å²) < 4.78 is 0. The second kappa shape index (κ2) is 5.94. The quantitative estimate of drug-likeness (QED) is 0.438. The summed E-state index contributed by atoms with van der Waals surface area (Å²) in [7, 11) is 0. The van der Waals surface area contributed by atoms with Gasteiger partial charge in [-0.2, -0.15) is 0 Å². The lowest BCUT2D eigenvalue weighted by Gasteiger charge is -2.03. The van der Waals surface area contributed by atoms with Crippen LogP contribution in [-0.4, -0.2) is 12.5 Å². The molecule has 0 saturated carbocycles. The first-order valence-corrected chi connectivity index (χ1v) is 4.42. The van der Waals surface area contributed by atoms with Crippen molar-refractivity contribution in [2.45, 2.75) is 6.42 Å². The maximum Gasteiger partial charge on any atom is 0.274 e. The summed E-state index contributed by atoms with van der Waals surface area (Å²) in [6.07, 6.45) is 2.45. The van der Waals surface area contributed by atoms with Crippen molar-refractivity contribution in [3.63, 3.8) is 0 Å². The number of hydrogen-bond acceptors (Lipinski definition) is 2. The summed E-state index contributed by atoms with van der Waals surface area (Å²) in [5.74, 6) is -0.227. The molecule has 0 atom stereocenters. The Hall–Kier alpha value is -1.61. The Labute approximate surface area is 83.3 Å². The van der Waals surface area contributed by atoms with Crippen LogP contribution >= 0.6 is 0 Å². The Morgan fingerprint density at radius 3 is 2.79 bits per heavy atom. The van der Waals surface area contributed by atoms with Crippen LogP contribution in [0.1, 0.15) is 16.8 Å². The molecule has 0 spiro atoms. The van der Waals surface area contributed by atoms with Crippen molar-refractivity contribution >= 4 is 5.91 Å². The summed E-state index contributed by atoms with van der Waals surface area (Å²) in [6, 6.07) is 8.92. The summed E-state index contributed by atoms with van der Waals surface area (Å²) in [5, 5.41) is 0. The summed E-state index contributed by atoms with van der Waals surface area (Å²) in [5.41, 5.74) is 2.94. The molecule has 1 aromatic carbocycles. The standard InChI is InChI=1S/C11H13NO2/c1-2-3-9-14-12-11(13)10-7-5-4-6-8-10/h2,4-8H,1,3,9H2,(H,12,13). The topological polar surface area (TPSA) is 38.3 Å². The zero-order valence-electron chi connectivity index (χ0n) is 7.90. The maximum atomic E-state index is 11.3. The third-order valence-electron chi connectivity index (χ3n) is 1.62. The fourth-order valence-electron chi connectivity index (χ4n) is 0.907. The van der Waals surface area contributed by atoms with E-state index in [4.69, 9.17) is 4.84 Å². The monoisotopic (exact) mass is 191 g/mol. The van der Waals surface area contributed by atoms with Gasteiger partial charge in [-0.05, 0) is 18.6 Å². The smallest absolute Gasteiger partial charge is 0.273 e. The van der Waals surface area contributed by atoms with Crippen molar-refractivity contribution in [1.82, 2.24) is 5.48 Å². The summed E-state index contributed by atoms with van der Waals surface area (Å²) >= 11 is 0. The molecule has 0 radical (unpaired) electrons. The van der Waals surface area contributed by atoms with E-state index in [2.05, 4.69) is 12.1 Å². The van der Waals surface area contributed by atoms with E-state index < -0.39 is 0 Å². The Balaban J connectivity index is 2.32. The molecule has 0 aliphatic rings. The second-order valence-electron chi connectivity index (χ2n) is 2.72. The van der Waals surface area contributed by atoms with Crippen molar-refractivity contribution in [3.05, 3.63) is 48.6 Å². The van der Waals surface area contributed by atoms with Gasteiger partial charge in [-0.25, -0.2) is 5.48 Å². The number of benzene rings is 1. The molecule has 74 valence electrons. The fraction of sp³-hybridized carbons (Fsp3) is 0.182. The van der Waals surface area contributed by atoms with Crippen LogP contribution in [0.5, 0.6) is 0 Å². The van der Waals surface area contributed by atoms with E-state index in [9.17, 15) is 4.79 Å². The number of hydroxylamine groups is 1. The van der Waals surface area contributed by atoms with Crippen LogP contribution < -0.4 is 5.48 Å². The van der Waals surface area contributed by atoms with Crippen molar-refractivity contribution in [2.75, 3.05) is 6.61 Å². The highest BCUT2D eigenvalue weighted by molar-refractivity contribution is 5.93. The van der Waals surface area contributed by atoms with Gasteiger partial charge in [0.25, 0.3) is 5.91 Å². The predicted octanol–water partition coefficient (Wildman–Crippen LogP) is 1.92. The molecule has 3 heteroatoms. The molecule has 1 aromatic rings. The molecule has 0 aliphatic carbocycles. The zero-order valence-corrected chi connectivity index (χ0v) is 7.90. The average molecular weight is 191 g/mol. The molecular formula is C11H13NO2. The molecule has 0 aliphatic heterocycles. The maximum absolute atomic E-state index is 11.3.